The van der Waals surface area contributed by atoms with Gasteiger partial charge in [-0.3, -0.25) is 4.90 Å². The Labute approximate surface area is 186 Å². The number of fused-ring (bicyclic) bond motifs is 5. The van der Waals surface area contributed by atoms with Crippen molar-refractivity contribution in [1.82, 2.24) is 14.5 Å². The number of hydrogen-bond acceptors (Lipinski definition) is 3. The van der Waals surface area contributed by atoms with Gasteiger partial charge in [0.1, 0.15) is 6.23 Å². The average Bonchev–Trinajstić information content (AvgIpc) is 3.44. The third-order valence-corrected chi connectivity index (χ3v) is 7.28. The van der Waals surface area contributed by atoms with Crippen LogP contribution in [0, 0.1) is 6.92 Å². The van der Waals surface area contributed by atoms with E-state index in [1.807, 2.05) is 18.3 Å². The monoisotopic (exact) mass is 432 g/mol. The Hall–Kier alpha value is -2.73. The van der Waals surface area contributed by atoms with Crippen LogP contribution < -0.4 is 5.32 Å². The van der Waals surface area contributed by atoms with Gasteiger partial charge < -0.3 is 20.0 Å². The first kappa shape index (κ1) is 19.0. The number of likely N-dealkylation sites (tertiary alicyclic amines) is 1. The van der Waals surface area contributed by atoms with Gasteiger partial charge in [-0.05, 0) is 84.8 Å². The fourth-order valence-corrected chi connectivity index (χ4v) is 5.51. The van der Waals surface area contributed by atoms with Gasteiger partial charge in [-0.1, -0.05) is 11.6 Å². The molecular formula is C25H25ClN4O. The zero-order valence-electron chi connectivity index (χ0n) is 17.4. The summed E-state index contributed by atoms with van der Waals surface area (Å²) in [6, 6.07) is 16.6. The molecule has 4 aromatic rings. The lowest BCUT2D eigenvalue weighted by Crippen LogP contribution is -2.50. The second-order valence-electron chi connectivity index (χ2n) is 8.82. The maximum Gasteiger partial charge on any atom is 0.133 e. The van der Waals surface area contributed by atoms with Crippen LogP contribution in [0.25, 0.3) is 16.6 Å². The van der Waals surface area contributed by atoms with Crippen LogP contribution in [0.5, 0.6) is 0 Å². The van der Waals surface area contributed by atoms with Gasteiger partial charge in [-0.15, -0.1) is 0 Å². The Balaban J connectivity index is 1.28. The topological polar surface area (TPSA) is 56.2 Å². The van der Waals surface area contributed by atoms with Gasteiger partial charge in [0.05, 0.1) is 16.9 Å². The predicted octanol–water partition coefficient (Wildman–Crippen LogP) is 5.33. The number of nitrogens with zero attached hydrogens (tertiary/aromatic N) is 2. The normalized spacial score (nSPS) is 18.5. The smallest absolute Gasteiger partial charge is 0.133 e. The molecule has 6 heteroatoms. The van der Waals surface area contributed by atoms with Crippen molar-refractivity contribution in [2.24, 2.45) is 0 Å². The molecule has 2 aliphatic heterocycles. The SMILES string of the molecule is Cc1cc2[nH]ccc2cc1C(O)N1CCC2(CC1)Nc1ccc(Cl)cc1-n1cccc12. The highest BCUT2D eigenvalue weighted by molar-refractivity contribution is 6.30. The fourth-order valence-electron chi connectivity index (χ4n) is 5.35. The van der Waals surface area contributed by atoms with Gasteiger partial charge in [0.2, 0.25) is 0 Å². The minimum absolute atomic E-state index is 0.139. The van der Waals surface area contributed by atoms with E-state index in [-0.39, 0.29) is 5.54 Å². The summed E-state index contributed by atoms with van der Waals surface area (Å²) in [4.78, 5) is 5.44. The van der Waals surface area contributed by atoms with E-state index in [4.69, 9.17) is 11.6 Å². The third kappa shape index (κ3) is 2.92. The summed E-state index contributed by atoms with van der Waals surface area (Å²) in [5.74, 6) is 0. The highest BCUT2D eigenvalue weighted by Gasteiger charge is 2.42. The van der Waals surface area contributed by atoms with Gasteiger partial charge in [0.15, 0.2) is 0 Å². The third-order valence-electron chi connectivity index (χ3n) is 7.05. The predicted molar refractivity (Wildman–Crippen MR) is 125 cm³/mol. The number of aromatic nitrogens is 2. The summed E-state index contributed by atoms with van der Waals surface area (Å²) >= 11 is 6.26. The molecule has 1 unspecified atom stereocenters. The number of aromatic amines is 1. The molecule has 2 aromatic heterocycles. The second kappa shape index (κ2) is 6.89. The number of rotatable bonds is 2. The molecule has 3 N–H and O–H groups in total. The van der Waals surface area contributed by atoms with Crippen molar-refractivity contribution in [1.29, 1.82) is 0 Å². The standard InChI is InChI=1S/C25H25ClN4O/c1-16-13-21-17(6-9-27-21)14-19(16)24(31)29-11-7-25(8-12-29)23-3-2-10-30(23)22-15-18(26)4-5-20(22)28-25/h2-6,9-10,13-15,24,27-28,31H,7-8,11-12H2,1H3. The molecule has 0 amide bonds. The lowest BCUT2D eigenvalue weighted by Gasteiger charge is -2.47. The number of benzene rings is 2. The average molecular weight is 433 g/mol. The highest BCUT2D eigenvalue weighted by Crippen LogP contribution is 2.45. The Kier molecular flexibility index (Phi) is 4.22. The second-order valence-corrected chi connectivity index (χ2v) is 9.25. The maximum atomic E-state index is 11.2. The summed E-state index contributed by atoms with van der Waals surface area (Å²) in [7, 11) is 0. The van der Waals surface area contributed by atoms with Gasteiger partial charge >= 0.3 is 0 Å². The van der Waals surface area contributed by atoms with E-state index in [9.17, 15) is 5.11 Å². The molecule has 1 atom stereocenters. The first-order valence-corrected chi connectivity index (χ1v) is 11.2. The van der Waals surface area contributed by atoms with Crippen LogP contribution in [0.15, 0.2) is 60.9 Å². The summed E-state index contributed by atoms with van der Waals surface area (Å²) < 4.78 is 2.26. The van der Waals surface area contributed by atoms with Crippen molar-refractivity contribution < 1.29 is 5.11 Å². The number of aliphatic hydroxyl groups excluding tert-OH is 1. The molecule has 6 rings (SSSR count). The molecule has 0 radical (unpaired) electrons. The van der Waals surface area contributed by atoms with E-state index in [2.05, 4.69) is 69.3 Å². The molecule has 5 nitrogen and oxygen atoms in total. The number of anilines is 1. The molecule has 0 aliphatic carbocycles. The lowest BCUT2D eigenvalue weighted by molar-refractivity contribution is -0.0222. The van der Waals surface area contributed by atoms with Crippen molar-refractivity contribution >= 4 is 28.2 Å². The molecule has 4 heterocycles. The Bertz CT molecular complexity index is 1280. The zero-order valence-corrected chi connectivity index (χ0v) is 18.2. The van der Waals surface area contributed by atoms with E-state index in [1.165, 1.54) is 5.69 Å². The molecule has 2 aliphatic rings. The molecule has 1 spiro atoms. The van der Waals surface area contributed by atoms with Crippen molar-refractivity contribution in [3.05, 3.63) is 82.8 Å². The van der Waals surface area contributed by atoms with E-state index in [0.717, 1.165) is 64.4 Å². The van der Waals surface area contributed by atoms with Crippen LogP contribution in [-0.2, 0) is 5.54 Å². The quantitative estimate of drug-likeness (QED) is 0.401. The Morgan fingerprint density at radius 3 is 2.77 bits per heavy atom. The van der Waals surface area contributed by atoms with E-state index >= 15 is 0 Å². The summed E-state index contributed by atoms with van der Waals surface area (Å²) in [6.45, 7) is 3.70. The number of aryl methyl sites for hydroxylation is 1. The summed E-state index contributed by atoms with van der Waals surface area (Å²) in [5, 5.41) is 16.9. The first-order chi connectivity index (χ1) is 15.0. The van der Waals surface area contributed by atoms with Crippen molar-refractivity contribution in [2.45, 2.75) is 31.5 Å². The largest absolute Gasteiger partial charge is 0.374 e. The first-order valence-electron chi connectivity index (χ1n) is 10.8. The summed E-state index contributed by atoms with van der Waals surface area (Å²) in [5.41, 5.74) is 6.53. The lowest BCUT2D eigenvalue weighted by atomic mass is 9.82. The fraction of sp³-hybridized carbons (Fsp3) is 0.280. The van der Waals surface area contributed by atoms with E-state index in [0.29, 0.717) is 0 Å². The molecular weight excluding hydrogens is 408 g/mol. The van der Waals surface area contributed by atoms with Crippen molar-refractivity contribution in [3.63, 3.8) is 0 Å². The molecule has 0 bridgehead atoms. The molecule has 2 aromatic carbocycles. The number of piperidine rings is 1. The molecule has 0 saturated carbocycles. The van der Waals surface area contributed by atoms with Gasteiger partial charge in [-0.2, -0.15) is 0 Å². The van der Waals surface area contributed by atoms with Crippen molar-refractivity contribution in [2.75, 3.05) is 18.4 Å². The number of aliphatic hydroxyl groups is 1. The van der Waals surface area contributed by atoms with Gasteiger partial charge in [0, 0.05) is 41.7 Å². The van der Waals surface area contributed by atoms with Crippen LogP contribution in [-0.4, -0.2) is 32.6 Å². The minimum atomic E-state index is -0.599. The van der Waals surface area contributed by atoms with Crippen LogP contribution in [0.4, 0.5) is 5.69 Å². The molecule has 1 fully saturated rings. The number of nitrogens with one attached hydrogen (secondary N) is 2. The highest BCUT2D eigenvalue weighted by atomic mass is 35.5. The molecule has 158 valence electrons. The molecule has 1 saturated heterocycles. The maximum absolute atomic E-state index is 11.2. The van der Waals surface area contributed by atoms with Crippen LogP contribution >= 0.6 is 11.6 Å². The minimum Gasteiger partial charge on any atom is -0.374 e. The molecule has 31 heavy (non-hydrogen) atoms. The van der Waals surface area contributed by atoms with Gasteiger partial charge in [-0.25, -0.2) is 0 Å². The van der Waals surface area contributed by atoms with Crippen LogP contribution in [0.2, 0.25) is 5.02 Å². The van der Waals surface area contributed by atoms with Crippen LogP contribution in [0.1, 0.15) is 35.9 Å². The van der Waals surface area contributed by atoms with Gasteiger partial charge in [0.25, 0.3) is 0 Å². The van der Waals surface area contributed by atoms with Crippen LogP contribution in [0.3, 0.4) is 0 Å². The van der Waals surface area contributed by atoms with E-state index < -0.39 is 6.23 Å². The number of H-pyrrole nitrogens is 1. The van der Waals surface area contributed by atoms with Crippen molar-refractivity contribution in [3.8, 4) is 5.69 Å². The number of hydrogen-bond donors (Lipinski definition) is 3. The Morgan fingerprint density at radius 2 is 1.94 bits per heavy atom. The van der Waals surface area contributed by atoms with E-state index in [1.54, 1.807) is 0 Å². The zero-order chi connectivity index (χ0) is 21.2. The summed E-state index contributed by atoms with van der Waals surface area (Å²) in [6.07, 6.45) is 5.30. The number of halogens is 1. The Morgan fingerprint density at radius 1 is 1.10 bits per heavy atom.